The van der Waals surface area contributed by atoms with Gasteiger partial charge in [0.05, 0.1) is 18.1 Å². The highest BCUT2D eigenvalue weighted by Crippen LogP contribution is 2.51. The number of benzene rings is 1. The maximum absolute atomic E-state index is 12.3. The van der Waals surface area contributed by atoms with Crippen molar-refractivity contribution < 1.29 is 18.3 Å². The smallest absolute Gasteiger partial charge is 0.240 e. The molecule has 1 saturated carbocycles. The van der Waals surface area contributed by atoms with Gasteiger partial charge in [-0.25, -0.2) is 13.1 Å². The summed E-state index contributed by atoms with van der Waals surface area (Å²) in [5.74, 6) is 0.912. The van der Waals surface area contributed by atoms with Crippen LogP contribution in [0.3, 0.4) is 0 Å². The third-order valence-corrected chi connectivity index (χ3v) is 5.47. The van der Waals surface area contributed by atoms with Crippen LogP contribution in [0.2, 0.25) is 0 Å². The first-order valence-corrected chi connectivity index (χ1v) is 8.64. The Labute approximate surface area is 126 Å². The van der Waals surface area contributed by atoms with Crippen LogP contribution in [0.15, 0.2) is 23.1 Å². The molecule has 1 aliphatic rings. The number of ether oxygens (including phenoxy) is 1. The third-order valence-electron chi connectivity index (χ3n) is 4.05. The van der Waals surface area contributed by atoms with E-state index in [9.17, 15) is 13.5 Å². The van der Waals surface area contributed by atoms with E-state index < -0.39 is 10.0 Å². The van der Waals surface area contributed by atoms with Crippen LogP contribution in [0.4, 0.5) is 0 Å². The van der Waals surface area contributed by atoms with Crippen molar-refractivity contribution in [3.05, 3.63) is 23.8 Å². The van der Waals surface area contributed by atoms with Gasteiger partial charge in [-0.05, 0) is 42.9 Å². The molecule has 1 unspecified atom stereocenters. The molecule has 0 aromatic heterocycles. The van der Waals surface area contributed by atoms with Crippen LogP contribution >= 0.6 is 0 Å². The van der Waals surface area contributed by atoms with Gasteiger partial charge in [0.1, 0.15) is 5.75 Å². The fourth-order valence-corrected chi connectivity index (χ4v) is 3.49. The Hall–Kier alpha value is -1.11. The van der Waals surface area contributed by atoms with Crippen LogP contribution in [0.1, 0.15) is 32.8 Å². The zero-order chi connectivity index (χ0) is 15.7. The summed E-state index contributed by atoms with van der Waals surface area (Å²) < 4.78 is 32.6. The molecule has 2 rings (SSSR count). The molecule has 2 N–H and O–H groups in total. The fourth-order valence-electron chi connectivity index (χ4n) is 2.36. The van der Waals surface area contributed by atoms with E-state index in [0.717, 1.165) is 6.42 Å². The molecule has 5 nitrogen and oxygen atoms in total. The molecule has 21 heavy (non-hydrogen) atoms. The highest BCUT2D eigenvalue weighted by molar-refractivity contribution is 7.89. The van der Waals surface area contributed by atoms with E-state index in [2.05, 4.69) is 18.6 Å². The number of aliphatic hydroxyl groups is 1. The molecule has 1 atom stereocenters. The predicted molar refractivity (Wildman–Crippen MR) is 80.6 cm³/mol. The van der Waals surface area contributed by atoms with Crippen LogP contribution in [-0.4, -0.2) is 26.7 Å². The van der Waals surface area contributed by atoms with Crippen LogP contribution in [0, 0.1) is 11.3 Å². The summed E-state index contributed by atoms with van der Waals surface area (Å²) in [5.41, 5.74) is 0.712. The highest BCUT2D eigenvalue weighted by atomic mass is 32.2. The van der Waals surface area contributed by atoms with Gasteiger partial charge in [-0.2, -0.15) is 0 Å². The minimum atomic E-state index is -3.55. The first-order chi connectivity index (χ1) is 9.80. The molecular formula is C15H23NO4S. The average Bonchev–Trinajstić information content (AvgIpc) is 3.05. The molecule has 1 aliphatic carbocycles. The second kappa shape index (κ2) is 5.94. The summed E-state index contributed by atoms with van der Waals surface area (Å²) in [5, 5.41) is 9.34. The van der Waals surface area contributed by atoms with Crippen molar-refractivity contribution in [3.8, 4) is 5.75 Å². The molecule has 0 saturated heterocycles. The molecule has 0 amide bonds. The van der Waals surface area contributed by atoms with Crippen LogP contribution in [-0.2, 0) is 16.6 Å². The summed E-state index contributed by atoms with van der Waals surface area (Å²) >= 11 is 0. The van der Waals surface area contributed by atoms with Gasteiger partial charge < -0.3 is 9.84 Å². The van der Waals surface area contributed by atoms with Gasteiger partial charge in [-0.1, -0.05) is 13.8 Å². The lowest BCUT2D eigenvalue weighted by Gasteiger charge is -2.12. The van der Waals surface area contributed by atoms with E-state index in [4.69, 9.17) is 4.74 Å². The van der Waals surface area contributed by atoms with Gasteiger partial charge in [0.25, 0.3) is 0 Å². The Bertz CT molecular complexity index is 610. The average molecular weight is 313 g/mol. The Morgan fingerprint density at radius 1 is 1.43 bits per heavy atom. The van der Waals surface area contributed by atoms with Crippen LogP contribution < -0.4 is 9.46 Å². The second-order valence-electron chi connectivity index (χ2n) is 6.10. The largest absolute Gasteiger partial charge is 0.494 e. The lowest BCUT2D eigenvalue weighted by Crippen LogP contribution is -2.27. The molecule has 0 spiro atoms. The lowest BCUT2D eigenvalue weighted by atomic mass is 10.1. The van der Waals surface area contributed by atoms with Crippen molar-refractivity contribution in [2.45, 2.75) is 38.7 Å². The number of rotatable bonds is 7. The van der Waals surface area contributed by atoms with E-state index in [1.54, 1.807) is 6.07 Å². The minimum Gasteiger partial charge on any atom is -0.494 e. The summed E-state index contributed by atoms with van der Waals surface area (Å²) in [6.45, 7) is 6.77. The number of hydrogen-bond acceptors (Lipinski definition) is 4. The van der Waals surface area contributed by atoms with Gasteiger partial charge in [-0.3, -0.25) is 0 Å². The molecule has 1 aromatic carbocycles. The number of aliphatic hydroxyl groups excluding tert-OH is 1. The van der Waals surface area contributed by atoms with Crippen molar-refractivity contribution in [3.63, 3.8) is 0 Å². The van der Waals surface area contributed by atoms with Crippen LogP contribution in [0.25, 0.3) is 0 Å². The molecule has 118 valence electrons. The van der Waals surface area contributed by atoms with Gasteiger partial charge in [0.2, 0.25) is 10.0 Å². The molecule has 0 bridgehead atoms. The van der Waals surface area contributed by atoms with Crippen molar-refractivity contribution in [1.29, 1.82) is 0 Å². The van der Waals surface area contributed by atoms with E-state index in [1.165, 1.54) is 12.1 Å². The maximum atomic E-state index is 12.3. The van der Waals surface area contributed by atoms with Crippen molar-refractivity contribution in [2.75, 3.05) is 13.2 Å². The maximum Gasteiger partial charge on any atom is 0.240 e. The van der Waals surface area contributed by atoms with Gasteiger partial charge in [0.15, 0.2) is 0 Å². The molecular weight excluding hydrogens is 290 g/mol. The minimum absolute atomic E-state index is 0.161. The lowest BCUT2D eigenvalue weighted by molar-refractivity contribution is 0.266. The van der Waals surface area contributed by atoms with Crippen molar-refractivity contribution in [1.82, 2.24) is 4.72 Å². The SMILES string of the molecule is CCOc1ccc(S(=O)(=O)NCC2CC2(C)C)cc1CO. The quantitative estimate of drug-likeness (QED) is 0.806. The number of nitrogens with one attached hydrogen (secondary N) is 1. The molecule has 6 heteroatoms. The summed E-state index contributed by atoms with van der Waals surface area (Å²) in [7, 11) is -3.55. The van der Waals surface area contributed by atoms with Crippen LogP contribution in [0.5, 0.6) is 5.75 Å². The molecule has 1 fully saturated rings. The summed E-state index contributed by atoms with van der Waals surface area (Å²) in [6.07, 6.45) is 1.04. The normalized spacial score (nSPS) is 20.3. The summed E-state index contributed by atoms with van der Waals surface area (Å²) in [6, 6.07) is 4.56. The number of hydrogen-bond donors (Lipinski definition) is 2. The Morgan fingerprint density at radius 2 is 2.10 bits per heavy atom. The topological polar surface area (TPSA) is 75.6 Å². The van der Waals surface area contributed by atoms with E-state index in [-0.39, 0.29) is 16.9 Å². The fraction of sp³-hybridized carbons (Fsp3) is 0.600. The highest BCUT2D eigenvalue weighted by Gasteiger charge is 2.45. The van der Waals surface area contributed by atoms with Gasteiger partial charge >= 0.3 is 0 Å². The van der Waals surface area contributed by atoms with Crippen molar-refractivity contribution in [2.24, 2.45) is 11.3 Å². The standard InChI is InChI=1S/C15H23NO4S/c1-4-20-14-6-5-13(7-11(14)10-17)21(18,19)16-9-12-8-15(12,2)3/h5-7,12,16-17H,4,8-10H2,1-3H3. The molecule has 0 aliphatic heterocycles. The van der Waals surface area contributed by atoms with Gasteiger partial charge in [-0.15, -0.1) is 0 Å². The Balaban J connectivity index is 2.12. The van der Waals surface area contributed by atoms with E-state index >= 15 is 0 Å². The predicted octanol–water partition coefficient (Wildman–Crippen LogP) is 1.90. The zero-order valence-electron chi connectivity index (χ0n) is 12.7. The Morgan fingerprint density at radius 3 is 2.62 bits per heavy atom. The summed E-state index contributed by atoms with van der Waals surface area (Å²) in [4.78, 5) is 0.161. The van der Waals surface area contributed by atoms with Gasteiger partial charge in [0, 0.05) is 12.1 Å². The molecule has 1 aromatic rings. The molecule has 0 radical (unpaired) electrons. The zero-order valence-corrected chi connectivity index (χ0v) is 13.5. The van der Waals surface area contributed by atoms with E-state index in [0.29, 0.717) is 30.4 Å². The Kier molecular flexibility index (Phi) is 4.60. The second-order valence-corrected chi connectivity index (χ2v) is 7.87. The monoisotopic (exact) mass is 313 g/mol. The first kappa shape index (κ1) is 16.3. The van der Waals surface area contributed by atoms with Crippen molar-refractivity contribution >= 4 is 10.0 Å². The third kappa shape index (κ3) is 3.75. The first-order valence-electron chi connectivity index (χ1n) is 7.16. The van der Waals surface area contributed by atoms with E-state index in [1.807, 2.05) is 6.92 Å². The molecule has 0 heterocycles. The number of sulfonamides is 1.